The lowest BCUT2D eigenvalue weighted by Gasteiger charge is -2.22. The van der Waals surface area contributed by atoms with Crippen LogP contribution in [0.25, 0.3) is 0 Å². The van der Waals surface area contributed by atoms with E-state index in [-0.39, 0.29) is 0 Å². The first-order valence-corrected chi connectivity index (χ1v) is 8.43. The Morgan fingerprint density at radius 1 is 1.10 bits per heavy atom. The van der Waals surface area contributed by atoms with Crippen molar-refractivity contribution >= 4 is 5.84 Å². The summed E-state index contributed by atoms with van der Waals surface area (Å²) in [6.07, 6.45) is 8.74. The fourth-order valence-electron chi connectivity index (χ4n) is 1.66. The first kappa shape index (κ1) is 21.5. The monoisotopic (exact) mass is 283 g/mol. The second kappa shape index (κ2) is 18.2. The number of unbranched alkanes of at least 4 members (excludes halogenated alkanes) is 1. The maximum atomic E-state index is 4.46. The Morgan fingerprint density at radius 3 is 2.25 bits per heavy atom. The van der Waals surface area contributed by atoms with E-state index in [1.165, 1.54) is 25.1 Å². The fourth-order valence-corrected chi connectivity index (χ4v) is 1.66. The third kappa shape index (κ3) is 12.2. The van der Waals surface area contributed by atoms with Gasteiger partial charge in [0.25, 0.3) is 0 Å². The van der Waals surface area contributed by atoms with Crippen molar-refractivity contribution < 1.29 is 0 Å². The molecule has 1 aliphatic heterocycles. The minimum atomic E-state index is 1.02. The Balaban J connectivity index is 0. The van der Waals surface area contributed by atoms with Crippen molar-refractivity contribution in [2.75, 3.05) is 26.2 Å². The second-order valence-electron chi connectivity index (χ2n) is 4.47. The normalized spacial score (nSPS) is 15.9. The van der Waals surface area contributed by atoms with Gasteiger partial charge >= 0.3 is 0 Å². The molecule has 1 fully saturated rings. The Bertz CT molecular complexity index is 224. The molecule has 0 aromatic rings. The molecular formula is C17H37N3. The predicted molar refractivity (Wildman–Crippen MR) is 93.5 cm³/mol. The lowest BCUT2D eigenvalue weighted by molar-refractivity contribution is 0.438. The second-order valence-corrected chi connectivity index (χ2v) is 4.47. The van der Waals surface area contributed by atoms with E-state index in [1.54, 1.807) is 0 Å². The lowest BCUT2D eigenvalue weighted by Crippen LogP contribution is -2.33. The summed E-state index contributed by atoms with van der Waals surface area (Å²) >= 11 is 0. The van der Waals surface area contributed by atoms with Gasteiger partial charge in [0.15, 0.2) is 0 Å². The van der Waals surface area contributed by atoms with Crippen molar-refractivity contribution in [3.8, 4) is 0 Å². The highest BCUT2D eigenvalue weighted by molar-refractivity contribution is 5.82. The van der Waals surface area contributed by atoms with Gasteiger partial charge in [-0.3, -0.25) is 0 Å². The molecule has 1 rings (SSSR count). The number of hydrogen-bond donors (Lipinski definition) is 1. The standard InChI is InChI=1S/C11H21N3.C4H10.C2H6/c1-3-6-13-11(4-2)14-9-5-7-12-8-10-14;1-3-4-2;1-2/h3,6,12H,4-5,7-10H2,1-2H3;3-4H2,1-2H3;1-2H3/b6-3-,13-11?;;. The summed E-state index contributed by atoms with van der Waals surface area (Å²) in [6, 6.07) is 0. The Kier molecular flexibility index (Phi) is 19.5. The van der Waals surface area contributed by atoms with E-state index in [0.717, 1.165) is 32.6 Å². The molecule has 0 atom stereocenters. The average molecular weight is 284 g/mol. The van der Waals surface area contributed by atoms with Crippen LogP contribution in [-0.2, 0) is 0 Å². The van der Waals surface area contributed by atoms with Crippen molar-refractivity contribution in [2.24, 2.45) is 4.99 Å². The van der Waals surface area contributed by atoms with Crippen LogP contribution >= 0.6 is 0 Å². The quantitative estimate of drug-likeness (QED) is 0.612. The first-order chi connectivity index (χ1) is 9.79. The van der Waals surface area contributed by atoms with Crippen LogP contribution in [0.1, 0.15) is 67.2 Å². The van der Waals surface area contributed by atoms with E-state index in [9.17, 15) is 0 Å². The maximum Gasteiger partial charge on any atom is 0.104 e. The van der Waals surface area contributed by atoms with Crippen LogP contribution in [0.2, 0.25) is 0 Å². The molecule has 1 N–H and O–H groups in total. The SMILES string of the molecule is C/C=C\N=C(CC)N1CCCNCC1.CC.CCCC. The van der Waals surface area contributed by atoms with Crippen LogP contribution < -0.4 is 5.32 Å². The molecule has 3 heteroatoms. The summed E-state index contributed by atoms with van der Waals surface area (Å²) < 4.78 is 0. The highest BCUT2D eigenvalue weighted by atomic mass is 15.2. The van der Waals surface area contributed by atoms with Crippen molar-refractivity contribution in [3.05, 3.63) is 12.3 Å². The number of hydrogen-bond acceptors (Lipinski definition) is 2. The molecule has 0 saturated carbocycles. The summed E-state index contributed by atoms with van der Waals surface area (Å²) in [6.45, 7) is 17.0. The van der Waals surface area contributed by atoms with Crippen LogP contribution in [0.4, 0.5) is 0 Å². The number of allylic oxidation sites excluding steroid dienone is 1. The third-order valence-electron chi connectivity index (χ3n) is 2.89. The van der Waals surface area contributed by atoms with Crippen molar-refractivity contribution in [2.45, 2.75) is 67.2 Å². The Morgan fingerprint density at radius 2 is 1.75 bits per heavy atom. The van der Waals surface area contributed by atoms with Gasteiger partial charge in [0, 0.05) is 32.3 Å². The van der Waals surface area contributed by atoms with Gasteiger partial charge in [-0.05, 0) is 19.9 Å². The molecule has 0 aliphatic carbocycles. The van der Waals surface area contributed by atoms with Gasteiger partial charge in [0.1, 0.15) is 5.84 Å². The van der Waals surface area contributed by atoms with Crippen LogP contribution in [0, 0.1) is 0 Å². The van der Waals surface area contributed by atoms with E-state index < -0.39 is 0 Å². The third-order valence-corrected chi connectivity index (χ3v) is 2.89. The fraction of sp³-hybridized carbons (Fsp3) is 0.824. The molecule has 3 nitrogen and oxygen atoms in total. The number of aliphatic imine (C=N–C) groups is 1. The van der Waals surface area contributed by atoms with E-state index in [1.807, 2.05) is 33.0 Å². The number of amidine groups is 1. The number of nitrogens with one attached hydrogen (secondary N) is 1. The summed E-state index contributed by atoms with van der Waals surface area (Å²) in [5.74, 6) is 1.21. The largest absolute Gasteiger partial charge is 0.359 e. The molecule has 0 unspecified atom stereocenters. The van der Waals surface area contributed by atoms with Crippen molar-refractivity contribution in [3.63, 3.8) is 0 Å². The molecular weight excluding hydrogens is 246 g/mol. The summed E-state index contributed by atoms with van der Waals surface area (Å²) in [7, 11) is 0. The van der Waals surface area contributed by atoms with Crippen molar-refractivity contribution in [1.82, 2.24) is 10.2 Å². The van der Waals surface area contributed by atoms with Gasteiger partial charge in [-0.1, -0.05) is 53.5 Å². The topological polar surface area (TPSA) is 27.6 Å². The zero-order chi connectivity index (χ0) is 15.6. The van der Waals surface area contributed by atoms with Crippen LogP contribution in [0.3, 0.4) is 0 Å². The van der Waals surface area contributed by atoms with Gasteiger partial charge < -0.3 is 10.2 Å². The predicted octanol–water partition coefficient (Wildman–Crippen LogP) is 4.46. The van der Waals surface area contributed by atoms with E-state index in [4.69, 9.17) is 0 Å². The van der Waals surface area contributed by atoms with Gasteiger partial charge in [-0.15, -0.1) is 0 Å². The van der Waals surface area contributed by atoms with Gasteiger partial charge in [-0.25, -0.2) is 4.99 Å². The number of nitrogens with zero attached hydrogens (tertiary/aromatic N) is 2. The minimum absolute atomic E-state index is 1.02. The van der Waals surface area contributed by atoms with Gasteiger partial charge in [0.05, 0.1) is 0 Å². The molecule has 0 bridgehead atoms. The lowest BCUT2D eigenvalue weighted by atomic mass is 10.3. The summed E-state index contributed by atoms with van der Waals surface area (Å²) in [5, 5.41) is 3.40. The van der Waals surface area contributed by atoms with E-state index >= 15 is 0 Å². The zero-order valence-electron chi connectivity index (χ0n) is 14.7. The smallest absolute Gasteiger partial charge is 0.104 e. The van der Waals surface area contributed by atoms with Crippen molar-refractivity contribution in [1.29, 1.82) is 0 Å². The Hall–Kier alpha value is -0.830. The maximum absolute atomic E-state index is 4.46. The molecule has 1 saturated heterocycles. The first-order valence-electron chi connectivity index (χ1n) is 8.43. The summed E-state index contributed by atoms with van der Waals surface area (Å²) in [4.78, 5) is 6.85. The molecule has 0 amide bonds. The van der Waals surface area contributed by atoms with Gasteiger partial charge in [-0.2, -0.15) is 0 Å². The molecule has 0 radical (unpaired) electrons. The minimum Gasteiger partial charge on any atom is -0.359 e. The van der Waals surface area contributed by atoms with Crippen LogP contribution in [0.5, 0.6) is 0 Å². The molecule has 0 aromatic carbocycles. The Labute approximate surface area is 127 Å². The highest BCUT2D eigenvalue weighted by Gasteiger charge is 2.10. The van der Waals surface area contributed by atoms with Gasteiger partial charge in [0.2, 0.25) is 0 Å². The highest BCUT2D eigenvalue weighted by Crippen LogP contribution is 2.01. The molecule has 0 aromatic heterocycles. The van der Waals surface area contributed by atoms with E-state index in [2.05, 4.69) is 36.0 Å². The number of rotatable bonds is 3. The van der Waals surface area contributed by atoms with Crippen LogP contribution in [0.15, 0.2) is 17.3 Å². The molecule has 1 heterocycles. The van der Waals surface area contributed by atoms with E-state index in [0.29, 0.717) is 0 Å². The van der Waals surface area contributed by atoms with Crippen LogP contribution in [-0.4, -0.2) is 36.9 Å². The molecule has 1 aliphatic rings. The summed E-state index contributed by atoms with van der Waals surface area (Å²) in [5.41, 5.74) is 0. The average Bonchev–Trinajstić information content (AvgIpc) is 2.80. The molecule has 20 heavy (non-hydrogen) atoms. The molecule has 0 spiro atoms. The molecule has 120 valence electrons. The zero-order valence-corrected chi connectivity index (χ0v) is 14.7.